The summed E-state index contributed by atoms with van der Waals surface area (Å²) >= 11 is 0. The van der Waals surface area contributed by atoms with Gasteiger partial charge in [-0.15, -0.1) is 0 Å². The third kappa shape index (κ3) is 2.66. The molecular weight excluding hydrogens is 354 g/mol. The minimum absolute atomic E-state index is 0.186. The lowest BCUT2D eigenvalue weighted by Gasteiger charge is -2.35. The SMILES string of the molecule is Cc1ccn(C2CC2)c(=O)c1C(=O)N1CCc2[nH]cnc2C1c1ccncc1. The number of hydrogen-bond donors (Lipinski definition) is 1. The monoisotopic (exact) mass is 375 g/mol. The van der Waals surface area contributed by atoms with Crippen molar-refractivity contribution in [2.75, 3.05) is 6.54 Å². The fourth-order valence-electron chi connectivity index (χ4n) is 4.06. The van der Waals surface area contributed by atoms with Gasteiger partial charge >= 0.3 is 0 Å². The molecule has 3 aromatic rings. The molecule has 1 unspecified atom stereocenters. The number of nitrogens with one attached hydrogen (secondary N) is 1. The minimum atomic E-state index is -0.334. The predicted molar refractivity (Wildman–Crippen MR) is 103 cm³/mol. The van der Waals surface area contributed by atoms with Gasteiger partial charge in [0.05, 0.1) is 12.0 Å². The van der Waals surface area contributed by atoms with Crippen molar-refractivity contribution in [2.45, 2.75) is 38.3 Å². The van der Waals surface area contributed by atoms with E-state index in [-0.39, 0.29) is 29.1 Å². The second kappa shape index (κ2) is 6.44. The molecule has 5 rings (SSSR count). The zero-order valence-electron chi connectivity index (χ0n) is 15.6. The number of amides is 1. The van der Waals surface area contributed by atoms with E-state index in [1.54, 1.807) is 28.2 Å². The lowest BCUT2D eigenvalue weighted by molar-refractivity contribution is 0.0687. The number of rotatable bonds is 3. The van der Waals surface area contributed by atoms with Gasteiger partial charge in [0.25, 0.3) is 11.5 Å². The molecule has 1 aliphatic heterocycles. The average Bonchev–Trinajstić information content (AvgIpc) is 3.43. The number of hydrogen-bond acceptors (Lipinski definition) is 4. The first kappa shape index (κ1) is 16.9. The smallest absolute Gasteiger partial charge is 0.263 e. The number of carbonyl (C=O) groups excluding carboxylic acids is 1. The summed E-state index contributed by atoms with van der Waals surface area (Å²) in [6.45, 7) is 2.36. The van der Waals surface area contributed by atoms with Crippen molar-refractivity contribution in [3.8, 4) is 0 Å². The highest BCUT2D eigenvalue weighted by molar-refractivity contribution is 5.96. The van der Waals surface area contributed by atoms with Crippen molar-refractivity contribution >= 4 is 5.91 Å². The molecule has 0 spiro atoms. The third-order valence-corrected chi connectivity index (χ3v) is 5.69. The number of pyridine rings is 2. The molecular formula is C21H21N5O2. The van der Waals surface area contributed by atoms with Crippen LogP contribution in [-0.4, -0.2) is 36.9 Å². The summed E-state index contributed by atoms with van der Waals surface area (Å²) in [5, 5.41) is 0. The van der Waals surface area contributed by atoms with E-state index >= 15 is 0 Å². The number of imidazole rings is 1. The fraction of sp³-hybridized carbons (Fsp3) is 0.333. The number of nitrogens with zero attached hydrogens (tertiary/aromatic N) is 4. The number of carbonyl (C=O) groups is 1. The molecule has 7 heteroatoms. The Balaban J connectivity index is 1.61. The van der Waals surface area contributed by atoms with E-state index in [0.717, 1.165) is 29.8 Å². The Bertz CT molecular complexity index is 1100. The van der Waals surface area contributed by atoms with E-state index < -0.39 is 0 Å². The first-order valence-corrected chi connectivity index (χ1v) is 9.60. The van der Waals surface area contributed by atoms with Gasteiger partial charge in [-0.1, -0.05) is 0 Å². The van der Waals surface area contributed by atoms with E-state index in [9.17, 15) is 9.59 Å². The summed E-state index contributed by atoms with van der Waals surface area (Å²) in [4.78, 5) is 40.2. The van der Waals surface area contributed by atoms with Crippen LogP contribution in [0, 0.1) is 6.92 Å². The maximum absolute atomic E-state index is 13.6. The molecule has 1 amide bonds. The fourth-order valence-corrected chi connectivity index (χ4v) is 4.06. The van der Waals surface area contributed by atoms with E-state index in [4.69, 9.17) is 0 Å². The maximum Gasteiger partial charge on any atom is 0.263 e. The van der Waals surface area contributed by atoms with Gasteiger partial charge in [0.1, 0.15) is 11.6 Å². The zero-order valence-corrected chi connectivity index (χ0v) is 15.6. The topological polar surface area (TPSA) is 83.9 Å². The van der Waals surface area contributed by atoms with Gasteiger partial charge in [0.15, 0.2) is 0 Å². The van der Waals surface area contributed by atoms with Gasteiger partial charge < -0.3 is 14.5 Å². The van der Waals surface area contributed by atoms with E-state index in [0.29, 0.717) is 18.5 Å². The van der Waals surface area contributed by atoms with Crippen molar-refractivity contribution in [2.24, 2.45) is 0 Å². The second-order valence-corrected chi connectivity index (χ2v) is 7.52. The molecule has 0 bridgehead atoms. The molecule has 1 fully saturated rings. The van der Waals surface area contributed by atoms with Crippen molar-refractivity contribution in [3.63, 3.8) is 0 Å². The summed E-state index contributed by atoms with van der Waals surface area (Å²) in [5.41, 5.74) is 3.61. The van der Waals surface area contributed by atoms with Crippen LogP contribution >= 0.6 is 0 Å². The van der Waals surface area contributed by atoms with Gasteiger partial charge in [-0.25, -0.2) is 4.98 Å². The van der Waals surface area contributed by atoms with Gasteiger partial charge in [-0.3, -0.25) is 14.6 Å². The predicted octanol–water partition coefficient (Wildman–Crippen LogP) is 2.40. The third-order valence-electron chi connectivity index (χ3n) is 5.69. The summed E-state index contributed by atoms with van der Waals surface area (Å²) in [6, 6.07) is 5.57. The van der Waals surface area contributed by atoms with Crippen LogP contribution in [0.3, 0.4) is 0 Å². The lowest BCUT2D eigenvalue weighted by Crippen LogP contribution is -2.43. The molecule has 1 atom stereocenters. The molecule has 28 heavy (non-hydrogen) atoms. The Labute approximate surface area is 162 Å². The molecule has 7 nitrogen and oxygen atoms in total. The molecule has 1 aliphatic carbocycles. The molecule has 1 saturated carbocycles. The normalized spacial score (nSPS) is 18.8. The molecule has 2 aliphatic rings. The van der Waals surface area contributed by atoms with Crippen molar-refractivity contribution in [1.82, 2.24) is 24.4 Å². The van der Waals surface area contributed by atoms with Gasteiger partial charge in [0, 0.05) is 43.3 Å². The average molecular weight is 375 g/mol. The van der Waals surface area contributed by atoms with E-state index in [1.807, 2.05) is 31.3 Å². The largest absolute Gasteiger partial charge is 0.348 e. The highest BCUT2D eigenvalue weighted by Gasteiger charge is 2.36. The Morgan fingerprint density at radius 2 is 2.00 bits per heavy atom. The summed E-state index contributed by atoms with van der Waals surface area (Å²) in [5.74, 6) is -0.229. The highest BCUT2D eigenvalue weighted by atomic mass is 16.2. The number of H-pyrrole nitrogens is 1. The first-order valence-electron chi connectivity index (χ1n) is 9.60. The Morgan fingerprint density at radius 1 is 1.21 bits per heavy atom. The Hall–Kier alpha value is -3.22. The summed E-state index contributed by atoms with van der Waals surface area (Å²) < 4.78 is 1.71. The molecule has 0 radical (unpaired) electrons. The number of aryl methyl sites for hydroxylation is 1. The molecule has 0 aromatic carbocycles. The van der Waals surface area contributed by atoms with Crippen molar-refractivity contribution in [3.05, 3.63) is 81.5 Å². The molecule has 0 saturated heterocycles. The number of aromatic nitrogens is 4. The highest BCUT2D eigenvalue weighted by Crippen LogP contribution is 2.35. The molecule has 3 aromatic heterocycles. The van der Waals surface area contributed by atoms with Crippen LogP contribution < -0.4 is 5.56 Å². The molecule has 4 heterocycles. The quantitative estimate of drug-likeness (QED) is 0.762. The van der Waals surface area contributed by atoms with E-state index in [1.165, 1.54) is 0 Å². The van der Waals surface area contributed by atoms with Crippen molar-refractivity contribution < 1.29 is 4.79 Å². The molecule has 1 N–H and O–H groups in total. The van der Waals surface area contributed by atoms with Crippen LogP contribution in [0.2, 0.25) is 0 Å². The van der Waals surface area contributed by atoms with Gasteiger partial charge in [-0.05, 0) is 49.1 Å². The second-order valence-electron chi connectivity index (χ2n) is 7.52. The van der Waals surface area contributed by atoms with Gasteiger partial charge in [-0.2, -0.15) is 0 Å². The van der Waals surface area contributed by atoms with Crippen LogP contribution in [0.4, 0.5) is 0 Å². The molecule has 142 valence electrons. The maximum atomic E-state index is 13.6. The minimum Gasteiger partial charge on any atom is -0.348 e. The first-order chi connectivity index (χ1) is 13.6. The van der Waals surface area contributed by atoms with Crippen LogP contribution in [-0.2, 0) is 6.42 Å². The van der Waals surface area contributed by atoms with Crippen LogP contribution in [0.1, 0.15) is 57.8 Å². The lowest BCUT2D eigenvalue weighted by atomic mass is 9.95. The van der Waals surface area contributed by atoms with Crippen molar-refractivity contribution in [1.29, 1.82) is 0 Å². The zero-order chi connectivity index (χ0) is 19.3. The summed E-state index contributed by atoms with van der Waals surface area (Å²) in [6.07, 6.45) is 9.59. The van der Waals surface area contributed by atoms with Crippen LogP contribution in [0.25, 0.3) is 0 Å². The summed E-state index contributed by atoms with van der Waals surface area (Å²) in [7, 11) is 0. The Morgan fingerprint density at radius 3 is 2.75 bits per heavy atom. The number of aromatic amines is 1. The van der Waals surface area contributed by atoms with Gasteiger partial charge in [0.2, 0.25) is 0 Å². The van der Waals surface area contributed by atoms with Crippen LogP contribution in [0.15, 0.2) is 47.9 Å². The van der Waals surface area contributed by atoms with E-state index in [2.05, 4.69) is 15.0 Å². The Kier molecular flexibility index (Phi) is 3.89. The van der Waals surface area contributed by atoms with Crippen LogP contribution in [0.5, 0.6) is 0 Å². The number of fused-ring (bicyclic) bond motifs is 1. The standard InChI is InChI=1S/C21H21N5O2/c1-13-6-10-25(15-2-3-15)20(27)17(13)21(28)26-11-7-16-18(24-12-23-16)19(26)14-4-8-22-9-5-14/h4-6,8-10,12,15,19H,2-3,7,11H2,1H3,(H,23,24).